The molecule has 1 rings (SSSR count). The van der Waals surface area contributed by atoms with E-state index in [2.05, 4.69) is 22.7 Å². The lowest BCUT2D eigenvalue weighted by Crippen LogP contribution is -2.27. The number of rotatable bonds is 2. The summed E-state index contributed by atoms with van der Waals surface area (Å²) in [6.45, 7) is 1.87. The Kier molecular flexibility index (Phi) is 2.34. The predicted molar refractivity (Wildman–Crippen MR) is 50.8 cm³/mol. The average Bonchev–Trinajstić information content (AvgIpc) is 2.64. The Hall–Kier alpha value is -0.350. The SMILES string of the molecule is C/C(=N\NC(N)=S)C1(Cl)CC1. The molecule has 1 fully saturated rings. The van der Waals surface area contributed by atoms with E-state index in [0.29, 0.717) is 0 Å². The highest BCUT2D eigenvalue weighted by atomic mass is 35.5. The van der Waals surface area contributed by atoms with Crippen LogP contribution in [0.2, 0.25) is 0 Å². The topological polar surface area (TPSA) is 50.4 Å². The molecule has 0 aromatic heterocycles. The summed E-state index contributed by atoms with van der Waals surface area (Å²) < 4.78 is 0. The maximum absolute atomic E-state index is 6.02. The molecule has 11 heavy (non-hydrogen) atoms. The summed E-state index contributed by atoms with van der Waals surface area (Å²) in [7, 11) is 0. The van der Waals surface area contributed by atoms with Crippen molar-refractivity contribution in [2.24, 2.45) is 10.8 Å². The fourth-order valence-electron chi connectivity index (χ4n) is 0.711. The second-order valence-electron chi connectivity index (χ2n) is 2.64. The number of thiocarbonyl (C=S) groups is 1. The first kappa shape index (κ1) is 8.74. The fraction of sp³-hybridized carbons (Fsp3) is 0.667. The zero-order valence-electron chi connectivity index (χ0n) is 6.22. The third kappa shape index (κ3) is 2.31. The van der Waals surface area contributed by atoms with Gasteiger partial charge in [-0.3, -0.25) is 5.43 Å². The predicted octanol–water partition coefficient (Wildman–Crippen LogP) is 0.967. The summed E-state index contributed by atoms with van der Waals surface area (Å²) in [4.78, 5) is -0.211. The van der Waals surface area contributed by atoms with Crippen molar-refractivity contribution in [2.45, 2.75) is 24.6 Å². The normalized spacial score (nSPS) is 21.1. The Bertz CT molecular complexity index is 210. The summed E-state index contributed by atoms with van der Waals surface area (Å²) in [6.07, 6.45) is 1.98. The molecule has 3 N–H and O–H groups in total. The largest absolute Gasteiger partial charge is 0.375 e. The van der Waals surface area contributed by atoms with Crippen molar-refractivity contribution in [2.75, 3.05) is 0 Å². The number of hydrazone groups is 1. The Labute approximate surface area is 76.0 Å². The lowest BCUT2D eigenvalue weighted by atomic mass is 10.3. The molecule has 0 spiro atoms. The van der Waals surface area contributed by atoms with Gasteiger partial charge in [-0.25, -0.2) is 0 Å². The van der Waals surface area contributed by atoms with Gasteiger partial charge in [-0.05, 0) is 32.0 Å². The van der Waals surface area contributed by atoms with Crippen molar-refractivity contribution in [1.82, 2.24) is 5.43 Å². The van der Waals surface area contributed by atoms with Crippen molar-refractivity contribution >= 4 is 34.6 Å². The van der Waals surface area contributed by atoms with Crippen molar-refractivity contribution in [3.63, 3.8) is 0 Å². The highest BCUT2D eigenvalue weighted by molar-refractivity contribution is 7.80. The zero-order valence-corrected chi connectivity index (χ0v) is 7.80. The van der Waals surface area contributed by atoms with Gasteiger partial charge < -0.3 is 5.73 Å². The van der Waals surface area contributed by atoms with E-state index >= 15 is 0 Å². The van der Waals surface area contributed by atoms with Gasteiger partial charge in [0, 0.05) is 0 Å². The van der Waals surface area contributed by atoms with Gasteiger partial charge in [-0.2, -0.15) is 5.10 Å². The van der Waals surface area contributed by atoms with Crippen molar-refractivity contribution < 1.29 is 0 Å². The van der Waals surface area contributed by atoms with Gasteiger partial charge in [-0.1, -0.05) is 0 Å². The van der Waals surface area contributed by atoms with Crippen LogP contribution in [0.25, 0.3) is 0 Å². The van der Waals surface area contributed by atoms with Gasteiger partial charge >= 0.3 is 0 Å². The molecule has 5 heteroatoms. The third-order valence-corrected chi connectivity index (χ3v) is 2.41. The van der Waals surface area contributed by atoms with Crippen LogP contribution in [-0.2, 0) is 0 Å². The highest BCUT2D eigenvalue weighted by Crippen LogP contribution is 2.43. The minimum absolute atomic E-state index is 0.172. The van der Waals surface area contributed by atoms with Crippen LogP contribution < -0.4 is 11.2 Å². The molecular weight excluding hydrogens is 182 g/mol. The van der Waals surface area contributed by atoms with Gasteiger partial charge in [0.15, 0.2) is 5.11 Å². The van der Waals surface area contributed by atoms with Crippen LogP contribution in [0.1, 0.15) is 19.8 Å². The van der Waals surface area contributed by atoms with E-state index in [1.165, 1.54) is 0 Å². The summed E-state index contributed by atoms with van der Waals surface area (Å²) in [5.41, 5.74) is 8.53. The van der Waals surface area contributed by atoms with Gasteiger partial charge in [0.25, 0.3) is 0 Å². The van der Waals surface area contributed by atoms with Crippen LogP contribution in [-0.4, -0.2) is 15.7 Å². The Morgan fingerprint density at radius 3 is 2.64 bits per heavy atom. The Balaban J connectivity index is 2.46. The molecule has 3 nitrogen and oxygen atoms in total. The minimum Gasteiger partial charge on any atom is -0.375 e. The van der Waals surface area contributed by atoms with Crippen LogP contribution in [0.3, 0.4) is 0 Å². The van der Waals surface area contributed by atoms with Crippen LogP contribution in [0.4, 0.5) is 0 Å². The second-order valence-corrected chi connectivity index (χ2v) is 3.80. The number of nitrogens with one attached hydrogen (secondary N) is 1. The van der Waals surface area contributed by atoms with E-state index < -0.39 is 0 Å². The number of hydrogen-bond acceptors (Lipinski definition) is 2. The third-order valence-electron chi connectivity index (χ3n) is 1.67. The van der Waals surface area contributed by atoms with Crippen LogP contribution in [0.5, 0.6) is 0 Å². The molecule has 62 valence electrons. The van der Waals surface area contributed by atoms with E-state index in [4.69, 9.17) is 17.3 Å². The molecule has 0 aromatic carbocycles. The first-order valence-electron chi connectivity index (χ1n) is 3.34. The van der Waals surface area contributed by atoms with Gasteiger partial charge in [0.05, 0.1) is 10.6 Å². The molecule has 0 bridgehead atoms. The first-order valence-corrected chi connectivity index (χ1v) is 4.12. The monoisotopic (exact) mass is 191 g/mol. The van der Waals surface area contributed by atoms with Crippen LogP contribution in [0.15, 0.2) is 5.10 Å². The molecule has 0 aromatic rings. The van der Waals surface area contributed by atoms with E-state index in [1.54, 1.807) is 0 Å². The van der Waals surface area contributed by atoms with Crippen LogP contribution in [0, 0.1) is 0 Å². The van der Waals surface area contributed by atoms with Crippen molar-refractivity contribution in [3.05, 3.63) is 0 Å². The molecule has 0 heterocycles. The van der Waals surface area contributed by atoms with Gasteiger partial charge in [-0.15, -0.1) is 11.6 Å². The Morgan fingerprint density at radius 1 is 1.73 bits per heavy atom. The molecule has 0 radical (unpaired) electrons. The van der Waals surface area contributed by atoms with E-state index in [-0.39, 0.29) is 9.99 Å². The summed E-state index contributed by atoms with van der Waals surface area (Å²) in [5.74, 6) is 0. The first-order chi connectivity index (χ1) is 5.04. The number of nitrogens with zero attached hydrogens (tertiary/aromatic N) is 1. The number of nitrogens with two attached hydrogens (primary N) is 1. The molecule has 0 unspecified atom stereocenters. The number of halogens is 1. The van der Waals surface area contributed by atoms with Gasteiger partial charge in [0.2, 0.25) is 0 Å². The van der Waals surface area contributed by atoms with E-state index in [9.17, 15) is 0 Å². The van der Waals surface area contributed by atoms with E-state index in [0.717, 1.165) is 18.6 Å². The standard InChI is InChI=1S/C6H10ClN3S/c1-4(6(7)2-3-6)9-10-5(8)11/h2-3H2,1H3,(H3,8,10,11)/b9-4+. The molecule has 1 saturated carbocycles. The van der Waals surface area contributed by atoms with E-state index in [1.807, 2.05) is 6.92 Å². The molecule has 0 saturated heterocycles. The van der Waals surface area contributed by atoms with Crippen molar-refractivity contribution in [1.29, 1.82) is 0 Å². The molecule has 0 atom stereocenters. The average molecular weight is 192 g/mol. The minimum atomic E-state index is -0.211. The summed E-state index contributed by atoms with van der Waals surface area (Å²) in [5, 5.41) is 4.10. The number of alkyl halides is 1. The van der Waals surface area contributed by atoms with Crippen molar-refractivity contribution in [3.8, 4) is 0 Å². The molecule has 0 amide bonds. The maximum atomic E-state index is 6.02. The van der Waals surface area contributed by atoms with Gasteiger partial charge in [0.1, 0.15) is 0 Å². The lowest BCUT2D eigenvalue weighted by Gasteiger charge is -2.04. The quantitative estimate of drug-likeness (QED) is 0.296. The maximum Gasteiger partial charge on any atom is 0.184 e. The molecule has 1 aliphatic rings. The Morgan fingerprint density at radius 2 is 2.27 bits per heavy atom. The van der Waals surface area contributed by atoms with Crippen LogP contribution >= 0.6 is 23.8 Å². The molecular formula is C6H10ClN3S. The molecule has 0 aliphatic heterocycles. The lowest BCUT2D eigenvalue weighted by molar-refractivity contribution is 1.00. The fourth-order valence-corrected chi connectivity index (χ4v) is 0.893. The summed E-state index contributed by atoms with van der Waals surface area (Å²) >= 11 is 10.6. The highest BCUT2D eigenvalue weighted by Gasteiger charge is 2.43. The second kappa shape index (κ2) is 2.95. The smallest absolute Gasteiger partial charge is 0.184 e. The zero-order chi connectivity index (χ0) is 8.48. The number of hydrogen-bond donors (Lipinski definition) is 2. The molecule has 1 aliphatic carbocycles. The summed E-state index contributed by atoms with van der Waals surface area (Å²) in [6, 6.07) is 0.